The molecule has 152 valence electrons. The van der Waals surface area contributed by atoms with Gasteiger partial charge in [0.05, 0.1) is 6.20 Å². The molecule has 0 aliphatic carbocycles. The Labute approximate surface area is 171 Å². The maximum atomic E-state index is 11.6. The first-order valence-corrected chi connectivity index (χ1v) is 10.3. The smallest absolute Gasteiger partial charge is 0.217 e. The fourth-order valence-electron chi connectivity index (χ4n) is 3.45. The molecule has 5 heteroatoms. The SMILES string of the molecule is CCC(=O)CCCCC[C@H](NC(C)=O)c1ncc(-c2ccc3ccccc3c2)o1. The number of rotatable bonds is 10. The highest BCUT2D eigenvalue weighted by Gasteiger charge is 2.19. The molecule has 1 N–H and O–H groups in total. The third-order valence-electron chi connectivity index (χ3n) is 5.08. The summed E-state index contributed by atoms with van der Waals surface area (Å²) in [6.45, 7) is 3.39. The number of nitrogens with zero attached hydrogens (tertiary/aromatic N) is 1. The standard InChI is InChI=1S/C24H28N2O3/c1-3-21(28)11-5-4-6-12-22(26-17(2)27)24-25-16-23(29-24)20-14-13-18-9-7-8-10-19(18)15-20/h7-10,13-16,22H,3-6,11-12H2,1-2H3,(H,26,27)/t22-/m0/s1. The molecular weight excluding hydrogens is 364 g/mol. The van der Waals surface area contributed by atoms with Crippen molar-refractivity contribution >= 4 is 22.5 Å². The Balaban J connectivity index is 1.67. The number of nitrogens with one attached hydrogen (secondary N) is 1. The Morgan fingerprint density at radius 1 is 1.07 bits per heavy atom. The fraction of sp³-hybridized carbons (Fsp3) is 0.375. The van der Waals surface area contributed by atoms with E-state index in [1.54, 1.807) is 6.20 Å². The van der Waals surface area contributed by atoms with E-state index in [9.17, 15) is 9.59 Å². The van der Waals surface area contributed by atoms with E-state index < -0.39 is 0 Å². The summed E-state index contributed by atoms with van der Waals surface area (Å²) in [5.41, 5.74) is 0.960. The summed E-state index contributed by atoms with van der Waals surface area (Å²) in [4.78, 5) is 27.5. The zero-order valence-corrected chi connectivity index (χ0v) is 17.1. The van der Waals surface area contributed by atoms with Crippen molar-refractivity contribution in [1.82, 2.24) is 10.3 Å². The summed E-state index contributed by atoms with van der Waals surface area (Å²) in [6, 6.07) is 14.1. The van der Waals surface area contributed by atoms with Crippen LogP contribution in [0.1, 0.15) is 64.3 Å². The van der Waals surface area contributed by atoms with Crippen LogP contribution < -0.4 is 5.32 Å². The normalized spacial score (nSPS) is 12.1. The van der Waals surface area contributed by atoms with Gasteiger partial charge in [-0.3, -0.25) is 9.59 Å². The number of carbonyl (C=O) groups is 2. The summed E-state index contributed by atoms with van der Waals surface area (Å²) < 4.78 is 6.01. The Hall–Kier alpha value is -2.95. The highest BCUT2D eigenvalue weighted by molar-refractivity contribution is 5.86. The van der Waals surface area contributed by atoms with E-state index in [2.05, 4.69) is 34.6 Å². The van der Waals surface area contributed by atoms with Gasteiger partial charge in [0.2, 0.25) is 11.8 Å². The number of aromatic nitrogens is 1. The van der Waals surface area contributed by atoms with Crippen molar-refractivity contribution in [1.29, 1.82) is 0 Å². The summed E-state index contributed by atoms with van der Waals surface area (Å²) in [5.74, 6) is 1.40. The van der Waals surface area contributed by atoms with E-state index >= 15 is 0 Å². The predicted molar refractivity (Wildman–Crippen MR) is 114 cm³/mol. The van der Waals surface area contributed by atoms with Crippen LogP contribution in [-0.4, -0.2) is 16.7 Å². The van der Waals surface area contributed by atoms with Gasteiger partial charge < -0.3 is 9.73 Å². The van der Waals surface area contributed by atoms with Crippen LogP contribution in [0, 0.1) is 0 Å². The van der Waals surface area contributed by atoms with Gasteiger partial charge in [-0.1, -0.05) is 56.2 Å². The van der Waals surface area contributed by atoms with Crippen LogP contribution in [0.25, 0.3) is 22.1 Å². The number of oxazole rings is 1. The molecule has 0 fully saturated rings. The molecule has 1 atom stereocenters. The van der Waals surface area contributed by atoms with Crippen LogP contribution in [0.15, 0.2) is 53.1 Å². The average molecular weight is 392 g/mol. The molecular formula is C24H28N2O3. The monoisotopic (exact) mass is 392 g/mol. The van der Waals surface area contributed by atoms with Crippen LogP contribution in [0.3, 0.4) is 0 Å². The molecule has 0 radical (unpaired) electrons. The Kier molecular flexibility index (Phi) is 7.17. The number of hydrogen-bond donors (Lipinski definition) is 1. The molecule has 0 aliphatic rings. The van der Waals surface area contributed by atoms with Crippen molar-refractivity contribution in [2.75, 3.05) is 0 Å². The Morgan fingerprint density at radius 3 is 2.62 bits per heavy atom. The lowest BCUT2D eigenvalue weighted by Gasteiger charge is -2.14. The third kappa shape index (κ3) is 5.76. The molecule has 2 aromatic carbocycles. The number of Topliss-reactive ketones (excluding diaryl/α,β-unsaturated/α-hetero) is 1. The minimum absolute atomic E-state index is 0.110. The molecule has 1 aromatic heterocycles. The number of carbonyl (C=O) groups excluding carboxylic acids is 2. The van der Waals surface area contributed by atoms with E-state index in [1.807, 2.05) is 25.1 Å². The van der Waals surface area contributed by atoms with E-state index in [-0.39, 0.29) is 11.9 Å². The number of ketones is 1. The first-order chi connectivity index (χ1) is 14.1. The Bertz CT molecular complexity index is 977. The number of unbranched alkanes of at least 4 members (excludes halogenated alkanes) is 2. The minimum atomic E-state index is -0.261. The summed E-state index contributed by atoms with van der Waals surface area (Å²) in [7, 11) is 0. The van der Waals surface area contributed by atoms with Crippen molar-refractivity contribution in [2.45, 2.75) is 58.4 Å². The lowest BCUT2D eigenvalue weighted by Crippen LogP contribution is -2.26. The van der Waals surface area contributed by atoms with Crippen molar-refractivity contribution in [3.8, 4) is 11.3 Å². The predicted octanol–water partition coefficient (Wildman–Crippen LogP) is 5.60. The van der Waals surface area contributed by atoms with Gasteiger partial charge in [-0.25, -0.2) is 4.98 Å². The largest absolute Gasteiger partial charge is 0.438 e. The number of fused-ring (bicyclic) bond motifs is 1. The van der Waals surface area contributed by atoms with Crippen molar-refractivity contribution in [3.05, 3.63) is 54.6 Å². The van der Waals surface area contributed by atoms with Gasteiger partial charge in [0.1, 0.15) is 11.8 Å². The first kappa shape index (κ1) is 20.8. The van der Waals surface area contributed by atoms with Gasteiger partial charge in [-0.15, -0.1) is 0 Å². The lowest BCUT2D eigenvalue weighted by molar-refractivity contribution is -0.120. The quantitative estimate of drug-likeness (QED) is 0.456. The third-order valence-corrected chi connectivity index (χ3v) is 5.08. The fourth-order valence-corrected chi connectivity index (χ4v) is 3.45. The van der Waals surface area contributed by atoms with Crippen LogP contribution in [-0.2, 0) is 9.59 Å². The van der Waals surface area contributed by atoms with E-state index in [0.717, 1.165) is 36.6 Å². The molecule has 0 saturated carbocycles. The second kappa shape index (κ2) is 10.0. The molecule has 0 aliphatic heterocycles. The van der Waals surface area contributed by atoms with Gasteiger partial charge in [0.15, 0.2) is 5.76 Å². The van der Waals surface area contributed by atoms with Crippen LogP contribution in [0.5, 0.6) is 0 Å². The molecule has 0 unspecified atom stereocenters. The van der Waals surface area contributed by atoms with Gasteiger partial charge in [-0.2, -0.15) is 0 Å². The van der Waals surface area contributed by atoms with Crippen molar-refractivity contribution in [2.24, 2.45) is 0 Å². The summed E-state index contributed by atoms with van der Waals surface area (Å²) in [5, 5.41) is 5.26. The van der Waals surface area contributed by atoms with Crippen molar-refractivity contribution in [3.63, 3.8) is 0 Å². The van der Waals surface area contributed by atoms with Gasteiger partial charge in [0, 0.05) is 25.3 Å². The molecule has 29 heavy (non-hydrogen) atoms. The molecule has 0 bridgehead atoms. The molecule has 0 saturated heterocycles. The maximum Gasteiger partial charge on any atom is 0.217 e. The second-order valence-corrected chi connectivity index (χ2v) is 7.37. The van der Waals surface area contributed by atoms with E-state index in [1.165, 1.54) is 12.3 Å². The highest BCUT2D eigenvalue weighted by atomic mass is 16.4. The van der Waals surface area contributed by atoms with Crippen LogP contribution in [0.4, 0.5) is 0 Å². The second-order valence-electron chi connectivity index (χ2n) is 7.37. The zero-order valence-electron chi connectivity index (χ0n) is 17.1. The molecule has 1 heterocycles. The number of benzene rings is 2. The molecule has 3 rings (SSSR count). The Morgan fingerprint density at radius 2 is 1.86 bits per heavy atom. The molecule has 1 amide bonds. The highest BCUT2D eigenvalue weighted by Crippen LogP contribution is 2.28. The number of amides is 1. The molecule has 0 spiro atoms. The van der Waals surface area contributed by atoms with Crippen LogP contribution >= 0.6 is 0 Å². The van der Waals surface area contributed by atoms with Crippen LogP contribution in [0.2, 0.25) is 0 Å². The van der Waals surface area contributed by atoms with Gasteiger partial charge in [0.25, 0.3) is 0 Å². The molecule has 3 aromatic rings. The van der Waals surface area contributed by atoms with Crippen molar-refractivity contribution < 1.29 is 14.0 Å². The summed E-state index contributed by atoms with van der Waals surface area (Å²) in [6.07, 6.45) is 6.41. The maximum absolute atomic E-state index is 11.6. The molecule has 5 nitrogen and oxygen atoms in total. The van der Waals surface area contributed by atoms with E-state index in [0.29, 0.717) is 30.3 Å². The number of hydrogen-bond acceptors (Lipinski definition) is 4. The van der Waals surface area contributed by atoms with Gasteiger partial charge in [-0.05, 0) is 29.7 Å². The van der Waals surface area contributed by atoms with Gasteiger partial charge >= 0.3 is 0 Å². The lowest BCUT2D eigenvalue weighted by atomic mass is 10.0. The summed E-state index contributed by atoms with van der Waals surface area (Å²) >= 11 is 0. The zero-order chi connectivity index (χ0) is 20.6. The minimum Gasteiger partial charge on any atom is -0.438 e. The average Bonchev–Trinajstić information content (AvgIpc) is 3.22. The topological polar surface area (TPSA) is 72.2 Å². The van der Waals surface area contributed by atoms with E-state index in [4.69, 9.17) is 4.42 Å². The first-order valence-electron chi connectivity index (χ1n) is 10.3.